The van der Waals surface area contributed by atoms with Gasteiger partial charge in [0, 0.05) is 5.69 Å². The topological polar surface area (TPSA) is 55.4 Å². The van der Waals surface area contributed by atoms with Gasteiger partial charge in [0.1, 0.15) is 5.92 Å². The summed E-state index contributed by atoms with van der Waals surface area (Å²) in [5.41, 5.74) is 3.48. The molecule has 0 aliphatic carbocycles. The predicted octanol–water partition coefficient (Wildman–Crippen LogP) is 5.90. The summed E-state index contributed by atoms with van der Waals surface area (Å²) in [4.78, 5) is 25.9. The van der Waals surface area contributed by atoms with Crippen molar-refractivity contribution in [3.05, 3.63) is 102 Å². The number of amides is 1. The predicted molar refractivity (Wildman–Crippen MR) is 124 cm³/mol. The normalized spacial score (nSPS) is 12.8. The SMILES string of the molecule is CC[C@H](C)c1ccccc1NC(=O)[C@H](C)OC(=O)C(c1ccccc1)c1ccccc1. The van der Waals surface area contributed by atoms with Crippen LogP contribution in [0.3, 0.4) is 0 Å². The second-order valence-electron chi connectivity index (χ2n) is 7.72. The highest BCUT2D eigenvalue weighted by molar-refractivity contribution is 5.96. The van der Waals surface area contributed by atoms with Crippen molar-refractivity contribution in [3.63, 3.8) is 0 Å². The Balaban J connectivity index is 1.76. The number of hydrogen-bond acceptors (Lipinski definition) is 3. The summed E-state index contributed by atoms with van der Waals surface area (Å²) in [6.07, 6.45) is 0.0418. The molecule has 0 fully saturated rings. The van der Waals surface area contributed by atoms with Crippen LogP contribution < -0.4 is 5.32 Å². The average Bonchev–Trinajstić information content (AvgIpc) is 2.80. The molecule has 3 rings (SSSR count). The standard InChI is InChI=1S/C27H29NO3/c1-4-19(2)23-17-11-12-18-24(23)28-26(29)20(3)31-27(30)25(21-13-7-5-8-14-21)22-15-9-6-10-16-22/h5-20,25H,4H2,1-3H3,(H,28,29)/t19-,20-/m0/s1. The largest absolute Gasteiger partial charge is 0.452 e. The Bertz CT molecular complexity index is 962. The van der Waals surface area contributed by atoms with Gasteiger partial charge >= 0.3 is 5.97 Å². The number of rotatable bonds is 8. The van der Waals surface area contributed by atoms with Crippen LogP contribution in [0.1, 0.15) is 55.7 Å². The van der Waals surface area contributed by atoms with E-state index in [2.05, 4.69) is 19.2 Å². The molecule has 0 aliphatic rings. The average molecular weight is 416 g/mol. The van der Waals surface area contributed by atoms with Gasteiger partial charge in [0.05, 0.1) is 0 Å². The first-order valence-corrected chi connectivity index (χ1v) is 10.7. The van der Waals surface area contributed by atoms with Crippen LogP contribution in [0.15, 0.2) is 84.9 Å². The summed E-state index contributed by atoms with van der Waals surface area (Å²) in [7, 11) is 0. The maximum absolute atomic E-state index is 13.1. The third kappa shape index (κ3) is 5.60. The Hall–Kier alpha value is -3.40. The minimum absolute atomic E-state index is 0.315. The Kier molecular flexibility index (Phi) is 7.60. The third-order valence-corrected chi connectivity index (χ3v) is 5.53. The van der Waals surface area contributed by atoms with Crippen molar-refractivity contribution in [2.24, 2.45) is 0 Å². The Morgan fingerprint density at radius 3 is 1.87 bits per heavy atom. The number of carbonyl (C=O) groups is 2. The van der Waals surface area contributed by atoms with E-state index in [0.29, 0.717) is 5.92 Å². The summed E-state index contributed by atoms with van der Waals surface area (Å²) < 4.78 is 5.63. The van der Waals surface area contributed by atoms with Crippen LogP contribution in [-0.4, -0.2) is 18.0 Å². The summed E-state index contributed by atoms with van der Waals surface area (Å²) in [5.74, 6) is -1.07. The zero-order valence-corrected chi connectivity index (χ0v) is 18.2. The van der Waals surface area contributed by atoms with Crippen LogP contribution in [0.5, 0.6) is 0 Å². The van der Waals surface area contributed by atoms with Gasteiger partial charge in [-0.25, -0.2) is 0 Å². The maximum Gasteiger partial charge on any atom is 0.318 e. The van der Waals surface area contributed by atoms with Crippen molar-refractivity contribution in [3.8, 4) is 0 Å². The number of benzene rings is 3. The van der Waals surface area contributed by atoms with Crippen LogP contribution in [0.4, 0.5) is 5.69 Å². The van der Waals surface area contributed by atoms with Gasteiger partial charge in [0.15, 0.2) is 6.10 Å². The summed E-state index contributed by atoms with van der Waals surface area (Å²) in [5, 5.41) is 2.93. The molecule has 1 N–H and O–H groups in total. The van der Waals surface area contributed by atoms with Crippen LogP contribution in [0, 0.1) is 0 Å². The molecule has 4 nitrogen and oxygen atoms in total. The molecule has 3 aromatic carbocycles. The van der Waals surface area contributed by atoms with E-state index in [1.54, 1.807) is 6.92 Å². The van der Waals surface area contributed by atoms with Gasteiger partial charge in [-0.1, -0.05) is 92.7 Å². The molecule has 4 heteroatoms. The van der Waals surface area contributed by atoms with Crippen molar-refractivity contribution in [1.82, 2.24) is 0 Å². The highest BCUT2D eigenvalue weighted by atomic mass is 16.5. The molecule has 0 bridgehead atoms. The molecule has 0 radical (unpaired) electrons. The molecule has 0 saturated heterocycles. The Morgan fingerprint density at radius 1 is 0.806 bits per heavy atom. The molecule has 0 saturated carbocycles. The number of esters is 1. The Morgan fingerprint density at radius 2 is 1.32 bits per heavy atom. The lowest BCUT2D eigenvalue weighted by molar-refractivity contribution is -0.153. The molecule has 1 amide bonds. The molecule has 0 spiro atoms. The van der Waals surface area contributed by atoms with Crippen molar-refractivity contribution in [2.45, 2.75) is 45.1 Å². The van der Waals surface area contributed by atoms with Crippen LogP contribution in [0.2, 0.25) is 0 Å². The first kappa shape index (κ1) is 22.3. The number of anilines is 1. The number of para-hydroxylation sites is 1. The number of ether oxygens (including phenoxy) is 1. The van der Waals surface area contributed by atoms with Crippen molar-refractivity contribution >= 4 is 17.6 Å². The maximum atomic E-state index is 13.1. The molecule has 31 heavy (non-hydrogen) atoms. The molecule has 0 unspecified atom stereocenters. The lowest BCUT2D eigenvalue weighted by Gasteiger charge is -2.21. The van der Waals surface area contributed by atoms with Gasteiger partial charge in [0.2, 0.25) is 0 Å². The van der Waals surface area contributed by atoms with Crippen LogP contribution in [0.25, 0.3) is 0 Å². The van der Waals surface area contributed by atoms with E-state index in [1.165, 1.54) is 0 Å². The monoisotopic (exact) mass is 415 g/mol. The van der Waals surface area contributed by atoms with Crippen molar-refractivity contribution in [2.75, 3.05) is 5.32 Å². The zero-order valence-electron chi connectivity index (χ0n) is 18.2. The van der Waals surface area contributed by atoms with Crippen molar-refractivity contribution < 1.29 is 14.3 Å². The van der Waals surface area contributed by atoms with Crippen LogP contribution >= 0.6 is 0 Å². The first-order valence-electron chi connectivity index (χ1n) is 10.7. The molecule has 0 aliphatic heterocycles. The van der Waals surface area contributed by atoms with E-state index < -0.39 is 18.0 Å². The van der Waals surface area contributed by atoms with E-state index in [4.69, 9.17) is 4.74 Å². The van der Waals surface area contributed by atoms with Gasteiger partial charge in [0.25, 0.3) is 5.91 Å². The smallest absolute Gasteiger partial charge is 0.318 e. The Labute approximate surface area is 184 Å². The minimum Gasteiger partial charge on any atom is -0.452 e. The fourth-order valence-corrected chi connectivity index (χ4v) is 3.55. The first-order chi connectivity index (χ1) is 15.0. The lowest BCUT2D eigenvalue weighted by Crippen LogP contribution is -2.32. The second-order valence-corrected chi connectivity index (χ2v) is 7.72. The van der Waals surface area contributed by atoms with Crippen LogP contribution in [-0.2, 0) is 14.3 Å². The lowest BCUT2D eigenvalue weighted by atomic mass is 9.91. The zero-order chi connectivity index (χ0) is 22.2. The van der Waals surface area contributed by atoms with Crippen molar-refractivity contribution in [1.29, 1.82) is 0 Å². The fourth-order valence-electron chi connectivity index (χ4n) is 3.55. The minimum atomic E-state index is -0.924. The van der Waals surface area contributed by atoms with Gasteiger partial charge in [-0.15, -0.1) is 0 Å². The summed E-state index contributed by atoms with van der Waals surface area (Å²) in [6.45, 7) is 5.84. The quantitative estimate of drug-likeness (QED) is 0.466. The van der Waals surface area contributed by atoms with E-state index in [0.717, 1.165) is 28.8 Å². The highest BCUT2D eigenvalue weighted by Gasteiger charge is 2.28. The van der Waals surface area contributed by atoms with E-state index in [1.807, 2.05) is 84.9 Å². The molecule has 2 atom stereocenters. The molecule has 3 aromatic rings. The van der Waals surface area contributed by atoms with Gasteiger partial charge in [-0.05, 0) is 42.0 Å². The highest BCUT2D eigenvalue weighted by Crippen LogP contribution is 2.28. The third-order valence-electron chi connectivity index (χ3n) is 5.53. The van der Waals surface area contributed by atoms with E-state index >= 15 is 0 Å². The fraction of sp³-hybridized carbons (Fsp3) is 0.259. The number of nitrogens with one attached hydrogen (secondary N) is 1. The van der Waals surface area contributed by atoms with E-state index in [9.17, 15) is 9.59 Å². The molecule has 160 valence electrons. The molecular weight excluding hydrogens is 386 g/mol. The summed E-state index contributed by atoms with van der Waals surface area (Å²) >= 11 is 0. The molecular formula is C27H29NO3. The van der Waals surface area contributed by atoms with Gasteiger partial charge in [-0.2, -0.15) is 0 Å². The molecule has 0 heterocycles. The van der Waals surface area contributed by atoms with Gasteiger partial charge < -0.3 is 10.1 Å². The summed E-state index contributed by atoms with van der Waals surface area (Å²) in [6, 6.07) is 26.7. The van der Waals surface area contributed by atoms with Gasteiger partial charge in [-0.3, -0.25) is 9.59 Å². The number of hydrogen-bond donors (Lipinski definition) is 1. The number of carbonyl (C=O) groups excluding carboxylic acids is 2. The molecule has 0 aromatic heterocycles. The second kappa shape index (κ2) is 10.6. The van der Waals surface area contributed by atoms with E-state index in [-0.39, 0.29) is 5.91 Å².